The number of carbonyl (C=O) groups is 2. The van der Waals surface area contributed by atoms with Crippen LogP contribution in [0.15, 0.2) is 42.5 Å². The van der Waals surface area contributed by atoms with Crippen LogP contribution in [0.25, 0.3) is 0 Å². The first-order valence-electron chi connectivity index (χ1n) is 13.4. The first kappa shape index (κ1) is 28.0. The maximum atomic E-state index is 13.6. The van der Waals surface area contributed by atoms with Gasteiger partial charge in [0.05, 0.1) is 18.5 Å². The Bertz CT molecular complexity index is 1130. The summed E-state index contributed by atoms with van der Waals surface area (Å²) < 4.78 is 40.9. The van der Waals surface area contributed by atoms with Gasteiger partial charge in [0.1, 0.15) is 0 Å². The second kappa shape index (κ2) is 12.2. The van der Waals surface area contributed by atoms with E-state index in [1.807, 2.05) is 23.1 Å². The Hall–Kier alpha value is -3.07. The van der Waals surface area contributed by atoms with Crippen molar-refractivity contribution in [2.45, 2.75) is 52.4 Å². The lowest BCUT2D eigenvalue weighted by Crippen LogP contribution is -2.41. The molecular weight excluding hydrogens is 493 g/mol. The molecule has 38 heavy (non-hydrogen) atoms. The van der Waals surface area contributed by atoms with Gasteiger partial charge in [0, 0.05) is 38.4 Å². The van der Waals surface area contributed by atoms with E-state index in [2.05, 4.69) is 24.1 Å². The molecule has 9 heteroatoms. The average Bonchev–Trinajstić information content (AvgIpc) is 3.38. The number of anilines is 1. The molecule has 0 spiro atoms. The lowest BCUT2D eigenvalue weighted by molar-refractivity contribution is -0.139. The molecule has 206 valence electrons. The number of halogens is 3. The highest BCUT2D eigenvalue weighted by Gasteiger charge is 2.34. The molecule has 2 heterocycles. The average molecular weight is 531 g/mol. The van der Waals surface area contributed by atoms with Crippen LogP contribution in [0.1, 0.15) is 48.9 Å². The number of likely N-dealkylation sites (tertiary alicyclic amines) is 1. The van der Waals surface area contributed by atoms with Crippen molar-refractivity contribution in [3.8, 4) is 0 Å². The molecule has 2 aliphatic rings. The molecular formula is C29H37F3N4O2. The Morgan fingerprint density at radius 3 is 2.53 bits per heavy atom. The third-order valence-electron chi connectivity index (χ3n) is 7.25. The van der Waals surface area contributed by atoms with E-state index in [1.165, 1.54) is 17.0 Å². The van der Waals surface area contributed by atoms with Crippen LogP contribution in [0.3, 0.4) is 0 Å². The minimum Gasteiger partial charge on any atom is -0.376 e. The van der Waals surface area contributed by atoms with Gasteiger partial charge in [-0.2, -0.15) is 13.2 Å². The minimum absolute atomic E-state index is 0.0581. The number of hydrogen-bond acceptors (Lipinski definition) is 4. The fourth-order valence-corrected chi connectivity index (χ4v) is 5.30. The molecule has 0 unspecified atom stereocenters. The van der Waals surface area contributed by atoms with Crippen molar-refractivity contribution in [2.75, 3.05) is 44.6 Å². The molecule has 2 aliphatic heterocycles. The molecule has 4 rings (SSSR count). The summed E-state index contributed by atoms with van der Waals surface area (Å²) in [7, 11) is 0. The molecule has 1 N–H and O–H groups in total. The van der Waals surface area contributed by atoms with Gasteiger partial charge >= 0.3 is 6.18 Å². The molecule has 2 amide bonds. The van der Waals surface area contributed by atoms with Gasteiger partial charge in [-0.3, -0.25) is 9.59 Å². The van der Waals surface area contributed by atoms with E-state index in [1.54, 1.807) is 6.07 Å². The number of benzene rings is 2. The van der Waals surface area contributed by atoms with Crippen molar-refractivity contribution in [3.05, 3.63) is 64.7 Å². The van der Waals surface area contributed by atoms with Gasteiger partial charge in [0.2, 0.25) is 11.8 Å². The lowest BCUT2D eigenvalue weighted by atomic mass is 9.96. The standard InChI is InChI=1S/C29H37F3N4O2/c1-21(2)18-36-19-22-9-7-11-26(24(22)16-27(36)37)33-17-28(38)35(15-14-34-12-5-6-13-34)20-23-8-3-4-10-25(23)29(30,31)32/h3-4,7-11,21,33H,5-6,12-20H2,1-2H3. The van der Waals surface area contributed by atoms with E-state index in [9.17, 15) is 22.8 Å². The van der Waals surface area contributed by atoms with Crippen LogP contribution in [0, 0.1) is 5.92 Å². The number of rotatable bonds is 10. The zero-order valence-corrected chi connectivity index (χ0v) is 22.2. The highest BCUT2D eigenvalue weighted by molar-refractivity contribution is 5.85. The van der Waals surface area contributed by atoms with Crippen LogP contribution in [0.2, 0.25) is 0 Å². The topological polar surface area (TPSA) is 55.9 Å². The number of alkyl halides is 3. The fourth-order valence-electron chi connectivity index (χ4n) is 5.30. The Balaban J connectivity index is 1.48. The van der Waals surface area contributed by atoms with Crippen molar-refractivity contribution >= 4 is 17.5 Å². The van der Waals surface area contributed by atoms with Crippen LogP contribution >= 0.6 is 0 Å². The summed E-state index contributed by atoms with van der Waals surface area (Å²) in [5.41, 5.74) is 2.03. The molecule has 1 fully saturated rings. The first-order valence-corrected chi connectivity index (χ1v) is 13.4. The molecule has 2 aromatic carbocycles. The SMILES string of the molecule is CC(C)CN1Cc2cccc(NCC(=O)N(CCN3CCCC3)Cc3ccccc3C(F)(F)F)c2CC1=O. The van der Waals surface area contributed by atoms with E-state index in [0.29, 0.717) is 32.1 Å². The molecule has 0 aromatic heterocycles. The number of carbonyl (C=O) groups excluding carboxylic acids is 2. The van der Waals surface area contributed by atoms with Crippen molar-refractivity contribution < 1.29 is 22.8 Å². The van der Waals surface area contributed by atoms with E-state index in [-0.39, 0.29) is 36.9 Å². The largest absolute Gasteiger partial charge is 0.416 e. The monoisotopic (exact) mass is 530 g/mol. The molecule has 6 nitrogen and oxygen atoms in total. The zero-order valence-electron chi connectivity index (χ0n) is 22.2. The molecule has 0 radical (unpaired) electrons. The lowest BCUT2D eigenvalue weighted by Gasteiger charge is -2.31. The highest BCUT2D eigenvalue weighted by atomic mass is 19.4. The fraction of sp³-hybridized carbons (Fsp3) is 0.517. The van der Waals surface area contributed by atoms with E-state index in [0.717, 1.165) is 48.8 Å². The zero-order chi connectivity index (χ0) is 27.3. The Labute approximate surface area is 222 Å². The molecule has 1 saturated heterocycles. The quantitative estimate of drug-likeness (QED) is 0.480. The number of hydrogen-bond donors (Lipinski definition) is 1. The van der Waals surface area contributed by atoms with Crippen molar-refractivity contribution in [3.63, 3.8) is 0 Å². The number of fused-ring (bicyclic) bond motifs is 1. The van der Waals surface area contributed by atoms with Crippen LogP contribution < -0.4 is 5.32 Å². The molecule has 0 atom stereocenters. The van der Waals surface area contributed by atoms with Gasteiger partial charge in [-0.25, -0.2) is 0 Å². The normalized spacial score (nSPS) is 16.2. The highest BCUT2D eigenvalue weighted by Crippen LogP contribution is 2.32. The summed E-state index contributed by atoms with van der Waals surface area (Å²) >= 11 is 0. The van der Waals surface area contributed by atoms with Crippen LogP contribution in [0.5, 0.6) is 0 Å². The summed E-state index contributed by atoms with van der Waals surface area (Å²) in [4.78, 5) is 31.7. The van der Waals surface area contributed by atoms with Crippen LogP contribution in [-0.2, 0) is 35.3 Å². The smallest absolute Gasteiger partial charge is 0.376 e. The van der Waals surface area contributed by atoms with Crippen molar-refractivity contribution in [1.29, 1.82) is 0 Å². The van der Waals surface area contributed by atoms with Crippen molar-refractivity contribution in [1.82, 2.24) is 14.7 Å². The van der Waals surface area contributed by atoms with Gasteiger partial charge in [-0.05, 0) is 60.7 Å². The van der Waals surface area contributed by atoms with Gasteiger partial charge in [-0.1, -0.05) is 44.2 Å². The third-order valence-corrected chi connectivity index (χ3v) is 7.25. The van der Waals surface area contributed by atoms with Gasteiger partial charge in [-0.15, -0.1) is 0 Å². The second-order valence-electron chi connectivity index (χ2n) is 10.7. The Morgan fingerprint density at radius 2 is 1.82 bits per heavy atom. The number of amides is 2. The maximum absolute atomic E-state index is 13.6. The van der Waals surface area contributed by atoms with Gasteiger partial charge in [0.25, 0.3) is 0 Å². The summed E-state index contributed by atoms with van der Waals surface area (Å²) in [6.07, 6.45) is -2.04. The predicted octanol–water partition coefficient (Wildman–Crippen LogP) is 4.78. The Morgan fingerprint density at radius 1 is 1.08 bits per heavy atom. The van der Waals surface area contributed by atoms with Gasteiger partial charge < -0.3 is 20.0 Å². The molecule has 2 aromatic rings. The van der Waals surface area contributed by atoms with E-state index in [4.69, 9.17) is 0 Å². The minimum atomic E-state index is -4.49. The summed E-state index contributed by atoms with van der Waals surface area (Å²) in [6.45, 7) is 8.07. The molecule has 0 aliphatic carbocycles. The molecule has 0 bridgehead atoms. The van der Waals surface area contributed by atoms with Crippen LogP contribution in [0.4, 0.5) is 18.9 Å². The summed E-state index contributed by atoms with van der Waals surface area (Å²) in [6, 6.07) is 11.2. The summed E-state index contributed by atoms with van der Waals surface area (Å²) in [5.74, 6) is 0.151. The molecule has 0 saturated carbocycles. The third kappa shape index (κ3) is 7.07. The second-order valence-corrected chi connectivity index (χ2v) is 10.7. The Kier molecular flexibility index (Phi) is 8.97. The predicted molar refractivity (Wildman–Crippen MR) is 141 cm³/mol. The van der Waals surface area contributed by atoms with Gasteiger partial charge in [0.15, 0.2) is 0 Å². The number of nitrogens with zero attached hydrogens (tertiary/aromatic N) is 3. The van der Waals surface area contributed by atoms with E-state index >= 15 is 0 Å². The van der Waals surface area contributed by atoms with E-state index < -0.39 is 11.7 Å². The first-order chi connectivity index (χ1) is 18.1. The van der Waals surface area contributed by atoms with Crippen LogP contribution in [-0.4, -0.2) is 65.8 Å². The maximum Gasteiger partial charge on any atom is 0.416 e. The number of nitrogens with one attached hydrogen (secondary N) is 1. The summed E-state index contributed by atoms with van der Waals surface area (Å²) in [5, 5.41) is 3.19. The van der Waals surface area contributed by atoms with Crippen molar-refractivity contribution in [2.24, 2.45) is 5.92 Å².